The van der Waals surface area contributed by atoms with Gasteiger partial charge in [0, 0.05) is 0 Å². The summed E-state index contributed by atoms with van der Waals surface area (Å²) in [5.41, 5.74) is 1.47. The largest absolute Gasteiger partial charge is 0.0691 e. The second-order valence-corrected chi connectivity index (χ2v) is 20.2. The van der Waals surface area contributed by atoms with Crippen LogP contribution in [0.25, 0.3) is 0 Å². The van der Waals surface area contributed by atoms with E-state index in [1.165, 1.54) is 173 Å². The van der Waals surface area contributed by atoms with Gasteiger partial charge >= 0.3 is 0 Å². The lowest BCUT2D eigenvalue weighted by Crippen LogP contribution is -2.35. The van der Waals surface area contributed by atoms with Crippen LogP contribution >= 0.6 is 0 Å². The summed E-state index contributed by atoms with van der Waals surface area (Å²) in [5, 5.41) is 0. The molecule has 0 aliphatic rings. The zero-order valence-corrected chi connectivity index (χ0v) is 28.7. The second kappa shape index (κ2) is 25.2. The fourth-order valence-corrected chi connectivity index (χ4v) is 9.32. The molecule has 0 N–H and O–H groups in total. The van der Waals surface area contributed by atoms with Crippen LogP contribution in [0.4, 0.5) is 0 Å². The van der Waals surface area contributed by atoms with Crippen LogP contribution in [0.3, 0.4) is 0 Å². The summed E-state index contributed by atoms with van der Waals surface area (Å²) in [4.78, 5) is 0. The Bertz CT molecular complexity index is 450. The van der Waals surface area contributed by atoms with Crippen molar-refractivity contribution in [2.45, 2.75) is 226 Å². The summed E-state index contributed by atoms with van der Waals surface area (Å²) in [6.07, 6.45) is 38.4. The average Bonchev–Trinajstić information content (AvgIpc) is 2.83. The summed E-state index contributed by atoms with van der Waals surface area (Å²) in [6.45, 7) is 17.5. The van der Waals surface area contributed by atoms with E-state index >= 15 is 0 Å². The van der Waals surface area contributed by atoms with Gasteiger partial charge in [0.1, 0.15) is 0 Å². The van der Waals surface area contributed by atoms with Crippen molar-refractivity contribution in [1.82, 2.24) is 0 Å². The molecule has 0 nitrogen and oxygen atoms in total. The number of unbranched alkanes of at least 4 members (excludes halogenated alkanes) is 24. The number of hydrogen-bond donors (Lipinski definition) is 0. The van der Waals surface area contributed by atoms with E-state index in [4.69, 9.17) is 0 Å². The molecular formula is C36H76Si. The van der Waals surface area contributed by atoms with Crippen molar-refractivity contribution in [2.75, 3.05) is 0 Å². The van der Waals surface area contributed by atoms with Crippen LogP contribution in [0, 0.1) is 5.41 Å². The molecular weight excluding hydrogens is 460 g/mol. The first-order valence-electron chi connectivity index (χ1n) is 17.7. The molecule has 0 rings (SSSR count). The fraction of sp³-hybridized carbons (Fsp3) is 1.00. The van der Waals surface area contributed by atoms with Gasteiger partial charge in [0.05, 0.1) is 8.07 Å². The maximum Gasteiger partial charge on any atom is 0.0504 e. The number of hydrogen-bond acceptors (Lipinski definition) is 0. The summed E-state index contributed by atoms with van der Waals surface area (Å²) < 4.78 is 0. The van der Waals surface area contributed by atoms with Crippen molar-refractivity contribution in [2.24, 2.45) is 5.41 Å². The first-order chi connectivity index (χ1) is 17.7. The molecule has 0 fully saturated rings. The zero-order chi connectivity index (χ0) is 27.7. The molecule has 37 heavy (non-hydrogen) atoms. The molecule has 0 heterocycles. The topological polar surface area (TPSA) is 0 Å². The standard InChI is InChI=1S/C36H76Si/c1-8-9-10-11-12-13-14-15-16-17-18-19-20-21-22-23-24-25-26-27-28-29-30-31-32-33-36(4,5)34-37(6,7)35(2)3/h35H,8-34H2,1-7H3. The molecule has 1 heteroatoms. The molecule has 0 atom stereocenters. The molecule has 0 saturated heterocycles. The van der Waals surface area contributed by atoms with Gasteiger partial charge in [-0.15, -0.1) is 0 Å². The van der Waals surface area contributed by atoms with Crippen molar-refractivity contribution in [1.29, 1.82) is 0 Å². The minimum absolute atomic E-state index is 0.562. The first-order valence-corrected chi connectivity index (χ1v) is 21.0. The molecule has 0 unspecified atom stereocenters. The molecule has 0 aliphatic carbocycles. The smallest absolute Gasteiger partial charge is 0.0504 e. The van der Waals surface area contributed by atoms with Crippen LogP contribution in [0.5, 0.6) is 0 Å². The van der Waals surface area contributed by atoms with E-state index in [2.05, 4.69) is 47.7 Å². The molecule has 0 aromatic carbocycles. The van der Waals surface area contributed by atoms with Crippen LogP contribution in [0.15, 0.2) is 0 Å². The first kappa shape index (κ1) is 37.2. The molecule has 0 spiro atoms. The third kappa shape index (κ3) is 26.2. The highest BCUT2D eigenvalue weighted by Crippen LogP contribution is 2.38. The minimum Gasteiger partial charge on any atom is -0.0691 e. The van der Waals surface area contributed by atoms with Crippen molar-refractivity contribution >= 4 is 8.07 Å². The Morgan fingerprint density at radius 3 is 0.919 bits per heavy atom. The van der Waals surface area contributed by atoms with Crippen LogP contribution in [-0.2, 0) is 0 Å². The maximum absolute atomic E-state index is 2.60. The molecule has 0 saturated carbocycles. The van der Waals surface area contributed by atoms with E-state index in [1.54, 1.807) is 0 Å². The maximum atomic E-state index is 2.60. The van der Waals surface area contributed by atoms with E-state index in [1.807, 2.05) is 0 Å². The lowest BCUT2D eigenvalue weighted by molar-refractivity contribution is 0.350. The molecule has 0 radical (unpaired) electrons. The van der Waals surface area contributed by atoms with Gasteiger partial charge in [0.15, 0.2) is 0 Å². The third-order valence-electron chi connectivity index (χ3n) is 9.45. The predicted molar refractivity (Wildman–Crippen MR) is 177 cm³/mol. The highest BCUT2D eigenvalue weighted by molar-refractivity contribution is 6.78. The van der Waals surface area contributed by atoms with E-state index in [-0.39, 0.29) is 0 Å². The second-order valence-electron chi connectivity index (χ2n) is 14.7. The lowest BCUT2D eigenvalue weighted by Gasteiger charge is -2.36. The van der Waals surface area contributed by atoms with E-state index in [9.17, 15) is 0 Å². The summed E-state index contributed by atoms with van der Waals surface area (Å²) in [6, 6.07) is 1.50. The van der Waals surface area contributed by atoms with Gasteiger partial charge in [0.25, 0.3) is 0 Å². The Morgan fingerprint density at radius 2 is 0.676 bits per heavy atom. The van der Waals surface area contributed by atoms with Crippen molar-refractivity contribution < 1.29 is 0 Å². The van der Waals surface area contributed by atoms with Crippen molar-refractivity contribution in [3.8, 4) is 0 Å². The fourth-order valence-electron chi connectivity index (χ4n) is 6.27. The van der Waals surface area contributed by atoms with Gasteiger partial charge in [-0.05, 0) is 11.8 Å². The van der Waals surface area contributed by atoms with Crippen LogP contribution in [-0.4, -0.2) is 8.07 Å². The van der Waals surface area contributed by atoms with Crippen molar-refractivity contribution in [3.05, 3.63) is 0 Å². The average molecular weight is 537 g/mol. The minimum atomic E-state index is -1.04. The summed E-state index contributed by atoms with van der Waals surface area (Å²) >= 11 is 0. The van der Waals surface area contributed by atoms with E-state index in [0.717, 1.165) is 5.54 Å². The Hall–Kier alpha value is 0.217. The molecule has 0 amide bonds. The number of rotatable bonds is 29. The third-order valence-corrected chi connectivity index (χ3v) is 14.4. The Kier molecular flexibility index (Phi) is 25.4. The highest BCUT2D eigenvalue weighted by atomic mass is 28.3. The lowest BCUT2D eigenvalue weighted by atomic mass is 9.89. The Balaban J connectivity index is 3.25. The van der Waals surface area contributed by atoms with Gasteiger partial charge in [-0.3, -0.25) is 0 Å². The summed E-state index contributed by atoms with van der Waals surface area (Å²) in [5.74, 6) is 0. The van der Waals surface area contributed by atoms with Gasteiger partial charge in [-0.2, -0.15) is 0 Å². The normalized spacial score (nSPS) is 12.6. The Morgan fingerprint density at radius 1 is 0.432 bits per heavy atom. The molecule has 0 aromatic rings. The van der Waals surface area contributed by atoms with Gasteiger partial charge < -0.3 is 0 Å². The SMILES string of the molecule is CCCCCCCCCCCCCCCCCCCCCCCCCCCC(C)(C)C[Si](C)(C)C(C)C. The highest BCUT2D eigenvalue weighted by Gasteiger charge is 2.32. The van der Waals surface area contributed by atoms with Crippen molar-refractivity contribution in [3.63, 3.8) is 0 Å². The van der Waals surface area contributed by atoms with E-state index in [0.29, 0.717) is 5.41 Å². The van der Waals surface area contributed by atoms with Gasteiger partial charge in [-0.25, -0.2) is 0 Å². The monoisotopic (exact) mass is 537 g/mol. The Labute approximate surface area is 239 Å². The summed E-state index contributed by atoms with van der Waals surface area (Å²) in [7, 11) is -1.04. The van der Waals surface area contributed by atoms with Crippen LogP contribution in [0.2, 0.25) is 24.7 Å². The molecule has 224 valence electrons. The van der Waals surface area contributed by atoms with Crippen LogP contribution < -0.4 is 0 Å². The quantitative estimate of drug-likeness (QED) is 0.0658. The van der Waals surface area contributed by atoms with Crippen LogP contribution in [0.1, 0.15) is 202 Å². The predicted octanol–water partition coefficient (Wildman–Crippen LogP) is 14.3. The molecule has 0 aromatic heterocycles. The zero-order valence-electron chi connectivity index (χ0n) is 27.7. The van der Waals surface area contributed by atoms with Gasteiger partial charge in [-0.1, -0.05) is 220 Å². The van der Waals surface area contributed by atoms with E-state index < -0.39 is 8.07 Å². The molecule has 0 aliphatic heterocycles. The van der Waals surface area contributed by atoms with Gasteiger partial charge in [0.2, 0.25) is 0 Å². The molecule has 0 bridgehead atoms.